The Hall–Kier alpha value is -1.36. The third-order valence-electron chi connectivity index (χ3n) is 1.94. The van der Waals surface area contributed by atoms with Crippen molar-refractivity contribution >= 4 is 15.9 Å². The molecule has 2 rings (SSSR count). The molecular weight excluding hydrogens is 283 g/mol. The molecule has 1 aromatic heterocycles. The standard InChI is InChI=1S/C11H5BrF3N/c12-7-1-6(2-8(13)3-7)11-10(15)4-9(14)5-16-11/h1-5H. The van der Waals surface area contributed by atoms with Gasteiger partial charge in [0.25, 0.3) is 0 Å². The Morgan fingerprint density at radius 2 is 1.69 bits per heavy atom. The van der Waals surface area contributed by atoms with Crippen molar-refractivity contribution in [3.05, 3.63) is 52.4 Å². The van der Waals surface area contributed by atoms with E-state index in [0.717, 1.165) is 12.3 Å². The summed E-state index contributed by atoms with van der Waals surface area (Å²) in [5.41, 5.74) is 0.172. The van der Waals surface area contributed by atoms with Gasteiger partial charge in [0.2, 0.25) is 0 Å². The lowest BCUT2D eigenvalue weighted by Gasteiger charge is -2.03. The summed E-state index contributed by atoms with van der Waals surface area (Å²) in [7, 11) is 0. The van der Waals surface area contributed by atoms with Crippen molar-refractivity contribution < 1.29 is 13.2 Å². The molecule has 0 spiro atoms. The van der Waals surface area contributed by atoms with Crippen molar-refractivity contribution in [1.82, 2.24) is 4.98 Å². The molecule has 0 radical (unpaired) electrons. The molecule has 1 aromatic carbocycles. The van der Waals surface area contributed by atoms with Crippen molar-refractivity contribution in [1.29, 1.82) is 0 Å². The number of pyridine rings is 1. The fourth-order valence-electron chi connectivity index (χ4n) is 1.32. The fourth-order valence-corrected chi connectivity index (χ4v) is 1.78. The van der Waals surface area contributed by atoms with Gasteiger partial charge in [-0.15, -0.1) is 0 Å². The fraction of sp³-hybridized carbons (Fsp3) is 0. The topological polar surface area (TPSA) is 12.9 Å². The Bertz CT molecular complexity index is 522. The highest BCUT2D eigenvalue weighted by Crippen LogP contribution is 2.25. The molecule has 0 aliphatic rings. The summed E-state index contributed by atoms with van der Waals surface area (Å²) in [6.45, 7) is 0. The van der Waals surface area contributed by atoms with Gasteiger partial charge in [0, 0.05) is 16.1 Å². The molecule has 0 amide bonds. The van der Waals surface area contributed by atoms with Crippen LogP contribution in [0.25, 0.3) is 11.3 Å². The van der Waals surface area contributed by atoms with Gasteiger partial charge in [0.15, 0.2) is 5.82 Å². The van der Waals surface area contributed by atoms with Gasteiger partial charge in [-0.1, -0.05) is 15.9 Å². The average molecular weight is 288 g/mol. The van der Waals surface area contributed by atoms with Crippen molar-refractivity contribution in [2.45, 2.75) is 0 Å². The second-order valence-corrected chi connectivity index (χ2v) is 4.06. The first kappa shape index (κ1) is 11.1. The van der Waals surface area contributed by atoms with E-state index in [-0.39, 0.29) is 11.3 Å². The summed E-state index contributed by atoms with van der Waals surface area (Å²) in [5.74, 6) is -2.11. The van der Waals surface area contributed by atoms with Gasteiger partial charge in [-0.25, -0.2) is 13.2 Å². The lowest BCUT2D eigenvalue weighted by Crippen LogP contribution is -1.92. The van der Waals surface area contributed by atoms with Crippen molar-refractivity contribution in [3.8, 4) is 11.3 Å². The van der Waals surface area contributed by atoms with E-state index in [1.165, 1.54) is 12.1 Å². The second kappa shape index (κ2) is 4.25. The number of benzene rings is 1. The SMILES string of the molecule is Fc1cc(Br)cc(-c2ncc(F)cc2F)c1. The van der Waals surface area contributed by atoms with Gasteiger partial charge in [-0.05, 0) is 18.2 Å². The van der Waals surface area contributed by atoms with Crippen LogP contribution in [0.3, 0.4) is 0 Å². The van der Waals surface area contributed by atoms with E-state index in [9.17, 15) is 13.2 Å². The van der Waals surface area contributed by atoms with Crippen LogP contribution in [0.15, 0.2) is 34.9 Å². The Labute approximate surface area is 98.1 Å². The summed E-state index contributed by atoms with van der Waals surface area (Å²) in [5, 5.41) is 0. The third-order valence-corrected chi connectivity index (χ3v) is 2.40. The van der Waals surface area contributed by atoms with E-state index >= 15 is 0 Å². The van der Waals surface area contributed by atoms with Crippen LogP contribution in [0.2, 0.25) is 0 Å². The molecule has 16 heavy (non-hydrogen) atoms. The maximum absolute atomic E-state index is 13.4. The average Bonchev–Trinajstić information content (AvgIpc) is 2.15. The second-order valence-electron chi connectivity index (χ2n) is 3.14. The maximum Gasteiger partial charge on any atom is 0.152 e. The molecule has 2 aromatic rings. The minimum atomic E-state index is -0.822. The smallest absolute Gasteiger partial charge is 0.152 e. The van der Waals surface area contributed by atoms with Crippen LogP contribution in [-0.2, 0) is 0 Å². The maximum atomic E-state index is 13.4. The molecule has 1 nitrogen and oxygen atoms in total. The van der Waals surface area contributed by atoms with Crippen LogP contribution < -0.4 is 0 Å². The van der Waals surface area contributed by atoms with Crippen molar-refractivity contribution in [3.63, 3.8) is 0 Å². The molecule has 0 aliphatic carbocycles. The molecule has 0 saturated carbocycles. The van der Waals surface area contributed by atoms with E-state index in [1.54, 1.807) is 0 Å². The highest BCUT2D eigenvalue weighted by Gasteiger charge is 2.09. The minimum Gasteiger partial charge on any atom is -0.250 e. The van der Waals surface area contributed by atoms with Gasteiger partial charge < -0.3 is 0 Å². The highest BCUT2D eigenvalue weighted by molar-refractivity contribution is 9.10. The first-order chi connectivity index (χ1) is 7.56. The third kappa shape index (κ3) is 2.24. The molecule has 82 valence electrons. The number of hydrogen-bond acceptors (Lipinski definition) is 1. The molecule has 1 heterocycles. The van der Waals surface area contributed by atoms with E-state index in [0.29, 0.717) is 10.5 Å². The molecule has 0 aliphatic heterocycles. The summed E-state index contributed by atoms with van der Waals surface area (Å²) in [4.78, 5) is 3.59. The molecule has 5 heteroatoms. The lowest BCUT2D eigenvalue weighted by molar-refractivity contribution is 0.576. The number of nitrogens with zero attached hydrogens (tertiary/aromatic N) is 1. The van der Waals surface area contributed by atoms with Gasteiger partial charge in [-0.3, -0.25) is 4.98 Å². The van der Waals surface area contributed by atoms with Crippen molar-refractivity contribution in [2.75, 3.05) is 0 Å². The molecule has 0 atom stereocenters. The Kier molecular flexibility index (Phi) is 2.96. The number of halogens is 4. The van der Waals surface area contributed by atoms with Crippen LogP contribution in [0.5, 0.6) is 0 Å². The van der Waals surface area contributed by atoms with Gasteiger partial charge >= 0.3 is 0 Å². The molecule has 0 N–H and O–H groups in total. The Morgan fingerprint density at radius 1 is 0.938 bits per heavy atom. The summed E-state index contributed by atoms with van der Waals surface area (Å²) in [6, 6.07) is 4.59. The van der Waals surface area contributed by atoms with Gasteiger partial charge in [0.1, 0.15) is 17.3 Å². The summed E-state index contributed by atoms with van der Waals surface area (Å²) >= 11 is 3.08. The van der Waals surface area contributed by atoms with Crippen LogP contribution in [-0.4, -0.2) is 4.98 Å². The predicted molar refractivity (Wildman–Crippen MR) is 57.2 cm³/mol. The highest BCUT2D eigenvalue weighted by atomic mass is 79.9. The molecule has 0 unspecified atom stereocenters. The predicted octanol–water partition coefficient (Wildman–Crippen LogP) is 3.93. The molecule has 0 fully saturated rings. The minimum absolute atomic E-state index is 0.0819. The zero-order valence-electron chi connectivity index (χ0n) is 7.85. The first-order valence-electron chi connectivity index (χ1n) is 4.34. The summed E-state index contributed by atoms with van der Waals surface area (Å²) < 4.78 is 39.5. The van der Waals surface area contributed by atoms with E-state index in [1.807, 2.05) is 0 Å². The monoisotopic (exact) mass is 287 g/mol. The molecule has 0 bridgehead atoms. The Morgan fingerprint density at radius 3 is 2.31 bits per heavy atom. The Balaban J connectivity index is 2.58. The summed E-state index contributed by atoms with van der Waals surface area (Å²) in [6.07, 6.45) is 0.886. The van der Waals surface area contributed by atoms with Crippen LogP contribution in [0.1, 0.15) is 0 Å². The largest absolute Gasteiger partial charge is 0.250 e. The molecule has 0 saturated heterocycles. The lowest BCUT2D eigenvalue weighted by atomic mass is 10.1. The quantitative estimate of drug-likeness (QED) is 0.774. The van der Waals surface area contributed by atoms with E-state index in [4.69, 9.17) is 0 Å². The number of rotatable bonds is 1. The zero-order valence-corrected chi connectivity index (χ0v) is 9.43. The number of hydrogen-bond donors (Lipinski definition) is 0. The van der Waals surface area contributed by atoms with Crippen LogP contribution in [0.4, 0.5) is 13.2 Å². The van der Waals surface area contributed by atoms with Crippen LogP contribution >= 0.6 is 15.9 Å². The zero-order chi connectivity index (χ0) is 11.7. The first-order valence-corrected chi connectivity index (χ1v) is 5.13. The van der Waals surface area contributed by atoms with Gasteiger partial charge in [0.05, 0.1) is 6.20 Å². The van der Waals surface area contributed by atoms with Gasteiger partial charge in [-0.2, -0.15) is 0 Å². The van der Waals surface area contributed by atoms with E-state index in [2.05, 4.69) is 20.9 Å². The van der Waals surface area contributed by atoms with Crippen molar-refractivity contribution in [2.24, 2.45) is 0 Å². The van der Waals surface area contributed by atoms with Crippen LogP contribution in [0, 0.1) is 17.5 Å². The number of aromatic nitrogens is 1. The molecular formula is C11H5BrF3N. The van der Waals surface area contributed by atoms with E-state index < -0.39 is 17.5 Å². The normalized spacial score (nSPS) is 10.5.